The summed E-state index contributed by atoms with van der Waals surface area (Å²) in [5, 5.41) is 1.46. The largest absolute Gasteiger partial charge is 1.00 e. The first-order chi connectivity index (χ1) is 6.45. The van der Waals surface area contributed by atoms with Crippen LogP contribution >= 0.6 is 11.8 Å². The molecule has 0 amide bonds. The van der Waals surface area contributed by atoms with Gasteiger partial charge in [-0.1, -0.05) is 6.08 Å². The van der Waals surface area contributed by atoms with Crippen LogP contribution in [0.1, 0.15) is 32.1 Å². The number of thioether (sulfide) groups is 1. The van der Waals surface area contributed by atoms with Crippen LogP contribution in [0.2, 0.25) is 0 Å². The zero-order chi connectivity index (χ0) is 8.93. The Hall–Kier alpha value is 0.920. The topological polar surface area (TPSA) is 0 Å². The quantitative estimate of drug-likeness (QED) is 0.518. The van der Waals surface area contributed by atoms with E-state index in [-0.39, 0.29) is 17.0 Å². The fraction of sp³-hybridized carbons (Fsp3) is 0.818. The number of hydrogen-bond donors (Lipinski definition) is 0. The van der Waals surface area contributed by atoms with Crippen molar-refractivity contribution in [2.45, 2.75) is 32.1 Å². The highest BCUT2D eigenvalue weighted by atomic mass is 79.9. The van der Waals surface area contributed by atoms with E-state index in [9.17, 15) is 0 Å². The molecule has 1 fully saturated rings. The minimum absolute atomic E-state index is 0. The zero-order valence-corrected chi connectivity index (χ0v) is 11.9. The van der Waals surface area contributed by atoms with Gasteiger partial charge >= 0.3 is 0 Å². The van der Waals surface area contributed by atoms with Gasteiger partial charge in [0.25, 0.3) is 0 Å². The number of halogens is 1. The molecule has 0 radical (unpaired) electrons. The molecule has 0 N–H and O–H groups in total. The van der Waals surface area contributed by atoms with Crippen LogP contribution in [0, 0.1) is 0 Å². The first-order valence-corrected chi connectivity index (χ1v) is 8.23. The molecule has 0 aromatic heterocycles. The lowest BCUT2D eigenvalue weighted by Crippen LogP contribution is -3.00. The van der Waals surface area contributed by atoms with Gasteiger partial charge in [0.1, 0.15) is 11.5 Å². The van der Waals surface area contributed by atoms with E-state index in [0.717, 1.165) is 10.9 Å². The van der Waals surface area contributed by atoms with E-state index in [1.807, 2.05) is 0 Å². The predicted molar refractivity (Wildman–Crippen MR) is 65.6 cm³/mol. The molecule has 2 rings (SSSR count). The summed E-state index contributed by atoms with van der Waals surface area (Å²) in [6.45, 7) is 0. The van der Waals surface area contributed by atoms with E-state index >= 15 is 0 Å². The molecule has 0 spiro atoms. The summed E-state index contributed by atoms with van der Waals surface area (Å²) < 4.78 is 0. The Kier molecular flexibility index (Phi) is 6.71. The average Bonchev–Trinajstić information content (AvgIpc) is 2.21. The van der Waals surface area contributed by atoms with Crippen molar-refractivity contribution in [2.24, 2.45) is 0 Å². The summed E-state index contributed by atoms with van der Waals surface area (Å²) in [5.41, 5.74) is 1.79. The molecule has 0 bridgehead atoms. The van der Waals surface area contributed by atoms with Crippen molar-refractivity contribution in [1.29, 1.82) is 0 Å². The van der Waals surface area contributed by atoms with Crippen LogP contribution in [0.15, 0.2) is 11.6 Å². The van der Waals surface area contributed by atoms with Gasteiger partial charge in [0.15, 0.2) is 5.08 Å². The zero-order valence-electron chi connectivity index (χ0n) is 8.64. The minimum Gasteiger partial charge on any atom is -1.00 e. The Morgan fingerprint density at radius 3 is 2.86 bits per heavy atom. The van der Waals surface area contributed by atoms with E-state index in [2.05, 4.69) is 17.8 Å². The van der Waals surface area contributed by atoms with Crippen LogP contribution in [0.5, 0.6) is 0 Å². The molecular formula is C11H19BrS2. The van der Waals surface area contributed by atoms with Gasteiger partial charge in [-0.25, -0.2) is 0 Å². The fourth-order valence-electron chi connectivity index (χ4n) is 2.01. The second-order valence-electron chi connectivity index (χ2n) is 3.95. The van der Waals surface area contributed by atoms with E-state index in [1.54, 1.807) is 5.57 Å². The second-order valence-corrected chi connectivity index (χ2v) is 7.63. The highest BCUT2D eigenvalue weighted by molar-refractivity contribution is 8.15. The molecule has 1 aliphatic heterocycles. The van der Waals surface area contributed by atoms with Gasteiger partial charge in [-0.05, 0) is 31.3 Å². The molecule has 0 nitrogen and oxygen atoms in total. The monoisotopic (exact) mass is 294 g/mol. The van der Waals surface area contributed by atoms with Crippen molar-refractivity contribution in [3.8, 4) is 0 Å². The van der Waals surface area contributed by atoms with Crippen LogP contribution in [0.3, 0.4) is 0 Å². The predicted octanol–water partition coefficient (Wildman–Crippen LogP) is 0.204. The van der Waals surface area contributed by atoms with Gasteiger partial charge in [-0.3, -0.25) is 0 Å². The van der Waals surface area contributed by atoms with Crippen molar-refractivity contribution in [1.82, 2.24) is 0 Å². The van der Waals surface area contributed by atoms with Crippen LogP contribution in [0.25, 0.3) is 0 Å². The van der Waals surface area contributed by atoms with Crippen molar-refractivity contribution >= 4 is 22.7 Å². The summed E-state index contributed by atoms with van der Waals surface area (Å²) >= 11 is 2.18. The van der Waals surface area contributed by atoms with Gasteiger partial charge in [0, 0.05) is 23.1 Å². The molecule has 1 atom stereocenters. The lowest BCUT2D eigenvalue weighted by Gasteiger charge is -2.16. The Morgan fingerprint density at radius 1 is 1.29 bits per heavy atom. The molecule has 2 aliphatic rings. The minimum atomic E-state index is 0. The molecule has 0 aromatic rings. The number of hydrogen-bond acceptors (Lipinski definition) is 1. The summed E-state index contributed by atoms with van der Waals surface area (Å²) in [5.74, 6) is 4.39. The third-order valence-electron chi connectivity index (χ3n) is 2.75. The standard InChI is InChI=1S/C11H19S2.BrH/c1-2-5-11(6-3-1)9-13-8-4-7-12-10-13;/h5H,1-4,6-10H2;1H/q+1;/p-1. The van der Waals surface area contributed by atoms with Crippen LogP contribution < -0.4 is 17.0 Å². The molecule has 1 saturated heterocycles. The molecule has 0 aromatic carbocycles. The molecule has 1 aliphatic carbocycles. The highest BCUT2D eigenvalue weighted by Crippen LogP contribution is 2.24. The first-order valence-electron chi connectivity index (χ1n) is 5.35. The summed E-state index contributed by atoms with van der Waals surface area (Å²) in [7, 11) is 0.752. The van der Waals surface area contributed by atoms with E-state index in [0.29, 0.717) is 0 Å². The number of rotatable bonds is 2. The van der Waals surface area contributed by atoms with Gasteiger partial charge in [-0.2, -0.15) is 0 Å². The maximum Gasteiger partial charge on any atom is 0.153 e. The molecule has 14 heavy (non-hydrogen) atoms. The van der Waals surface area contributed by atoms with Gasteiger partial charge < -0.3 is 17.0 Å². The lowest BCUT2D eigenvalue weighted by molar-refractivity contribution is -0.00000270. The Bertz CT molecular complexity index is 186. The fourth-order valence-corrected chi connectivity index (χ4v) is 6.25. The summed E-state index contributed by atoms with van der Waals surface area (Å²) in [6, 6.07) is 0. The van der Waals surface area contributed by atoms with E-state index in [1.165, 1.54) is 54.4 Å². The number of allylic oxidation sites excluding steroid dienone is 1. The maximum atomic E-state index is 2.52. The highest BCUT2D eigenvalue weighted by Gasteiger charge is 2.23. The third kappa shape index (κ3) is 4.19. The van der Waals surface area contributed by atoms with Crippen molar-refractivity contribution in [2.75, 3.05) is 22.3 Å². The Labute approximate surface area is 105 Å². The summed E-state index contributed by atoms with van der Waals surface area (Å²) in [4.78, 5) is 0. The van der Waals surface area contributed by atoms with Crippen molar-refractivity contribution in [3.63, 3.8) is 0 Å². The second kappa shape index (κ2) is 7.24. The summed E-state index contributed by atoms with van der Waals surface area (Å²) in [6.07, 6.45) is 9.66. The van der Waals surface area contributed by atoms with Crippen molar-refractivity contribution in [3.05, 3.63) is 11.6 Å². The molecule has 3 heteroatoms. The van der Waals surface area contributed by atoms with E-state index < -0.39 is 0 Å². The van der Waals surface area contributed by atoms with Crippen LogP contribution in [0.4, 0.5) is 0 Å². The average molecular weight is 295 g/mol. The normalized spacial score (nSPS) is 27.7. The van der Waals surface area contributed by atoms with E-state index in [4.69, 9.17) is 0 Å². The SMILES string of the molecule is C1=C(C[S+]2CCCSC2)CCCC1.[Br-]. The first kappa shape index (κ1) is 13.0. The van der Waals surface area contributed by atoms with Crippen molar-refractivity contribution < 1.29 is 17.0 Å². The van der Waals surface area contributed by atoms with Gasteiger partial charge in [0.05, 0.1) is 0 Å². The van der Waals surface area contributed by atoms with Crippen LogP contribution in [-0.4, -0.2) is 22.3 Å². The molecular weight excluding hydrogens is 276 g/mol. The molecule has 1 unspecified atom stereocenters. The molecule has 0 saturated carbocycles. The molecule has 82 valence electrons. The Balaban J connectivity index is 0.000000980. The Morgan fingerprint density at radius 2 is 2.21 bits per heavy atom. The smallest absolute Gasteiger partial charge is 0.153 e. The van der Waals surface area contributed by atoms with Gasteiger partial charge in [0.2, 0.25) is 0 Å². The third-order valence-corrected chi connectivity index (χ3v) is 6.97. The lowest BCUT2D eigenvalue weighted by atomic mass is 10.0. The van der Waals surface area contributed by atoms with Gasteiger partial charge in [-0.15, -0.1) is 11.8 Å². The molecule has 1 heterocycles. The maximum absolute atomic E-state index is 2.52. The van der Waals surface area contributed by atoms with Crippen LogP contribution in [-0.2, 0) is 10.9 Å².